The van der Waals surface area contributed by atoms with Crippen molar-refractivity contribution < 1.29 is 0 Å². The summed E-state index contributed by atoms with van der Waals surface area (Å²) in [4.78, 5) is 0. The summed E-state index contributed by atoms with van der Waals surface area (Å²) in [6.07, 6.45) is 0. The first kappa shape index (κ1) is 20.8. The molecule has 0 aliphatic rings. The van der Waals surface area contributed by atoms with Gasteiger partial charge in [-0.3, -0.25) is 0 Å². The molecule has 0 atom stereocenters. The zero-order valence-electron chi connectivity index (χ0n) is 17.3. The topological polar surface area (TPSA) is 0 Å². The van der Waals surface area contributed by atoms with Crippen molar-refractivity contribution in [1.82, 2.24) is 0 Å². The van der Waals surface area contributed by atoms with Gasteiger partial charge in [-0.1, -0.05) is 133 Å². The summed E-state index contributed by atoms with van der Waals surface area (Å²) < 4.78 is 0.905. The molecule has 0 saturated carbocycles. The lowest BCUT2D eigenvalue weighted by molar-refractivity contribution is 1.52. The van der Waals surface area contributed by atoms with E-state index >= 15 is 0 Å². The van der Waals surface area contributed by atoms with Crippen LogP contribution in [0.3, 0.4) is 0 Å². The minimum Gasteiger partial charge on any atom is -0.0824 e. The van der Waals surface area contributed by atoms with Crippen molar-refractivity contribution in [3.05, 3.63) is 131 Å². The van der Waals surface area contributed by atoms with Crippen LogP contribution in [0.25, 0.3) is 44.5 Å². The highest BCUT2D eigenvalue weighted by atomic mass is 79.9. The Balaban J connectivity index is 2.00. The molecule has 154 valence electrons. The van der Waals surface area contributed by atoms with Gasteiger partial charge in [0.2, 0.25) is 0 Å². The Hall–Kier alpha value is -3.13. The van der Waals surface area contributed by atoms with Crippen LogP contribution < -0.4 is 0 Å². The van der Waals surface area contributed by atoms with E-state index in [1.807, 2.05) is 18.2 Å². The van der Waals surface area contributed by atoms with Crippen LogP contribution in [0.1, 0.15) is 0 Å². The molecule has 0 radical (unpaired) electrons. The Morgan fingerprint density at radius 2 is 0.656 bits per heavy atom. The molecule has 0 heterocycles. The van der Waals surface area contributed by atoms with Gasteiger partial charge in [0.15, 0.2) is 0 Å². The predicted octanol–water partition coefficient (Wildman–Crippen LogP) is 9.77. The first-order valence-corrected chi connectivity index (χ1v) is 11.7. The molecule has 0 amide bonds. The van der Waals surface area contributed by atoms with Crippen molar-refractivity contribution in [2.24, 2.45) is 0 Å². The van der Waals surface area contributed by atoms with E-state index in [-0.39, 0.29) is 0 Å². The molecule has 0 nitrogen and oxygen atoms in total. The second-order valence-electron chi connectivity index (χ2n) is 7.59. The van der Waals surface area contributed by atoms with Gasteiger partial charge >= 0.3 is 0 Å². The third-order valence-corrected chi connectivity index (χ3v) is 7.03. The SMILES string of the molecule is Clc1c(Br)c(-c2ccccc2)c(-c2ccccc2)c(-c2ccccc2)c1-c1ccccc1. The van der Waals surface area contributed by atoms with Crippen molar-refractivity contribution in [2.75, 3.05) is 0 Å². The minimum absolute atomic E-state index is 0.716. The van der Waals surface area contributed by atoms with Crippen LogP contribution in [0.4, 0.5) is 0 Å². The number of rotatable bonds is 4. The number of hydrogen-bond donors (Lipinski definition) is 0. The summed E-state index contributed by atoms with van der Waals surface area (Å²) in [7, 11) is 0. The fourth-order valence-electron chi connectivity index (χ4n) is 4.23. The Morgan fingerprint density at radius 3 is 1.03 bits per heavy atom. The molecule has 0 N–H and O–H groups in total. The fourth-order valence-corrected chi connectivity index (χ4v) is 5.15. The average molecular weight is 496 g/mol. The molecule has 0 unspecified atom stereocenters. The lowest BCUT2D eigenvalue weighted by atomic mass is 9.83. The van der Waals surface area contributed by atoms with E-state index in [4.69, 9.17) is 11.6 Å². The van der Waals surface area contributed by atoms with Crippen LogP contribution in [-0.4, -0.2) is 0 Å². The molecule has 5 aromatic carbocycles. The van der Waals surface area contributed by atoms with E-state index in [2.05, 4.69) is 119 Å². The van der Waals surface area contributed by atoms with Gasteiger partial charge < -0.3 is 0 Å². The standard InChI is InChI=1S/C30H20BrCl/c31-29-27(23-17-9-3-10-18-23)25(21-13-5-1-6-14-21)26(22-15-7-2-8-16-22)28(30(29)32)24-19-11-4-12-20-24/h1-20H. The quantitative estimate of drug-likeness (QED) is 0.233. The summed E-state index contributed by atoms with van der Waals surface area (Å²) in [5.74, 6) is 0. The average Bonchev–Trinajstić information content (AvgIpc) is 2.87. The number of halogens is 2. The Labute approximate surface area is 202 Å². The van der Waals surface area contributed by atoms with Gasteiger partial charge in [-0.05, 0) is 49.3 Å². The van der Waals surface area contributed by atoms with Crippen LogP contribution in [0, 0.1) is 0 Å². The second-order valence-corrected chi connectivity index (χ2v) is 8.76. The van der Waals surface area contributed by atoms with Gasteiger partial charge in [-0.15, -0.1) is 0 Å². The van der Waals surface area contributed by atoms with E-state index in [0.29, 0.717) is 5.02 Å². The molecule has 2 heteroatoms. The molecule has 0 aliphatic heterocycles. The molecule has 0 saturated heterocycles. The monoisotopic (exact) mass is 494 g/mol. The minimum atomic E-state index is 0.716. The van der Waals surface area contributed by atoms with Gasteiger partial charge in [0, 0.05) is 15.6 Å². The molecule has 32 heavy (non-hydrogen) atoms. The van der Waals surface area contributed by atoms with E-state index in [1.54, 1.807) is 0 Å². The first-order valence-electron chi connectivity index (χ1n) is 10.5. The van der Waals surface area contributed by atoms with Crippen LogP contribution in [0.5, 0.6) is 0 Å². The summed E-state index contributed by atoms with van der Waals surface area (Å²) in [5, 5.41) is 0.716. The van der Waals surface area contributed by atoms with Gasteiger partial charge in [-0.25, -0.2) is 0 Å². The summed E-state index contributed by atoms with van der Waals surface area (Å²) >= 11 is 11.0. The summed E-state index contributed by atoms with van der Waals surface area (Å²) in [5.41, 5.74) is 8.93. The van der Waals surface area contributed by atoms with Gasteiger partial charge in [0.25, 0.3) is 0 Å². The maximum atomic E-state index is 7.15. The van der Waals surface area contributed by atoms with Crippen molar-refractivity contribution >= 4 is 27.5 Å². The second kappa shape index (κ2) is 9.16. The van der Waals surface area contributed by atoms with Crippen LogP contribution >= 0.6 is 27.5 Å². The third-order valence-electron chi connectivity index (χ3n) is 5.63. The highest BCUT2D eigenvalue weighted by Gasteiger charge is 2.25. The van der Waals surface area contributed by atoms with Gasteiger partial charge in [-0.2, -0.15) is 0 Å². The van der Waals surface area contributed by atoms with Crippen LogP contribution in [0.2, 0.25) is 5.02 Å². The zero-order valence-corrected chi connectivity index (χ0v) is 19.6. The van der Waals surface area contributed by atoms with Gasteiger partial charge in [0.05, 0.1) is 5.02 Å². The van der Waals surface area contributed by atoms with Crippen LogP contribution in [0.15, 0.2) is 126 Å². The smallest absolute Gasteiger partial charge is 0.0639 e. The number of benzene rings is 5. The van der Waals surface area contributed by atoms with E-state index in [9.17, 15) is 0 Å². The highest BCUT2D eigenvalue weighted by molar-refractivity contribution is 9.10. The lowest BCUT2D eigenvalue weighted by Crippen LogP contribution is -1.97. The van der Waals surface area contributed by atoms with Crippen LogP contribution in [-0.2, 0) is 0 Å². The maximum Gasteiger partial charge on any atom is 0.0639 e. The Morgan fingerprint density at radius 1 is 0.375 bits per heavy atom. The van der Waals surface area contributed by atoms with Crippen molar-refractivity contribution in [3.8, 4) is 44.5 Å². The van der Waals surface area contributed by atoms with E-state index < -0.39 is 0 Å². The Kier molecular flexibility index (Phi) is 5.94. The molecule has 0 bridgehead atoms. The largest absolute Gasteiger partial charge is 0.0824 e. The van der Waals surface area contributed by atoms with E-state index in [0.717, 1.165) is 49.0 Å². The van der Waals surface area contributed by atoms with Gasteiger partial charge in [0.1, 0.15) is 0 Å². The highest BCUT2D eigenvalue weighted by Crippen LogP contribution is 2.52. The molecular weight excluding hydrogens is 476 g/mol. The molecule has 5 rings (SSSR count). The molecule has 0 aliphatic carbocycles. The van der Waals surface area contributed by atoms with E-state index in [1.165, 1.54) is 0 Å². The van der Waals surface area contributed by atoms with Crippen molar-refractivity contribution in [3.63, 3.8) is 0 Å². The predicted molar refractivity (Wildman–Crippen MR) is 141 cm³/mol. The first-order chi connectivity index (χ1) is 15.8. The summed E-state index contributed by atoms with van der Waals surface area (Å²) in [6, 6.07) is 41.9. The molecule has 0 aromatic heterocycles. The molecule has 5 aromatic rings. The maximum absolute atomic E-state index is 7.15. The molecule has 0 fully saturated rings. The normalized spacial score (nSPS) is 10.8. The number of hydrogen-bond acceptors (Lipinski definition) is 0. The Bertz CT molecular complexity index is 1240. The molecular formula is C30H20BrCl. The summed E-state index contributed by atoms with van der Waals surface area (Å²) in [6.45, 7) is 0. The van der Waals surface area contributed by atoms with Crippen molar-refractivity contribution in [2.45, 2.75) is 0 Å². The molecule has 0 spiro atoms. The van der Waals surface area contributed by atoms with Crippen molar-refractivity contribution in [1.29, 1.82) is 0 Å². The third kappa shape index (κ3) is 3.79. The lowest BCUT2D eigenvalue weighted by Gasteiger charge is -2.24. The zero-order chi connectivity index (χ0) is 21.9. The fraction of sp³-hybridized carbons (Fsp3) is 0.